The molecule has 0 aliphatic carbocycles. The molecule has 0 aliphatic heterocycles. The molecule has 18 valence electrons. The standard InChI is InChI=1S/CN.K.Ni/c1-2;;/q-1;+1;+2. The Bertz CT molecular complexity index is 12.8. The van der Waals surface area contributed by atoms with E-state index in [0.29, 0.717) is 0 Å². The van der Waals surface area contributed by atoms with Crippen LogP contribution in [0.25, 0.3) is 0 Å². The molecule has 0 saturated heterocycles. The van der Waals surface area contributed by atoms with Crippen LogP contribution in [0.4, 0.5) is 0 Å². The Hall–Kier alpha value is 1.62. The Morgan fingerprint density at radius 2 is 1.25 bits per heavy atom. The van der Waals surface area contributed by atoms with Gasteiger partial charge in [0.25, 0.3) is 0 Å². The SMILES string of the molecule is [C-]#N.[K+].[Ni+2]. The van der Waals surface area contributed by atoms with E-state index in [-0.39, 0.29) is 67.9 Å². The van der Waals surface area contributed by atoms with Crippen molar-refractivity contribution in [1.29, 1.82) is 5.26 Å². The third-order valence-electron chi connectivity index (χ3n) is 0. The van der Waals surface area contributed by atoms with Crippen LogP contribution in [0.2, 0.25) is 0 Å². The van der Waals surface area contributed by atoms with Gasteiger partial charge in [0.1, 0.15) is 0 Å². The van der Waals surface area contributed by atoms with E-state index in [9.17, 15) is 0 Å². The predicted octanol–water partition coefficient (Wildman–Crippen LogP) is -2.90. The summed E-state index contributed by atoms with van der Waals surface area (Å²) in [5, 5.41) is 6.25. The van der Waals surface area contributed by atoms with Crippen molar-refractivity contribution < 1.29 is 67.9 Å². The van der Waals surface area contributed by atoms with Crippen LogP contribution in [0.3, 0.4) is 0 Å². The molecule has 0 amide bonds. The first-order valence-corrected chi connectivity index (χ1v) is 0.224. The zero-order chi connectivity index (χ0) is 2.00. The summed E-state index contributed by atoms with van der Waals surface area (Å²) in [5.41, 5.74) is 0. The normalized spacial score (nSPS) is 0.500. The summed E-state index contributed by atoms with van der Waals surface area (Å²) in [6.45, 7) is 4.75. The molecule has 0 atom stereocenters. The summed E-state index contributed by atoms with van der Waals surface area (Å²) < 4.78 is 0. The van der Waals surface area contributed by atoms with Crippen molar-refractivity contribution in [3.8, 4) is 0 Å². The fraction of sp³-hybridized carbons (Fsp3) is 0. The maximum absolute atomic E-state index is 6.25. The monoisotopic (exact) mass is 123 g/mol. The van der Waals surface area contributed by atoms with E-state index in [1.54, 1.807) is 0 Å². The molecule has 0 fully saturated rings. The van der Waals surface area contributed by atoms with Crippen LogP contribution in [0.5, 0.6) is 0 Å². The van der Waals surface area contributed by atoms with Gasteiger partial charge in [-0.15, -0.1) is 0 Å². The van der Waals surface area contributed by atoms with Gasteiger partial charge >= 0.3 is 67.9 Å². The van der Waals surface area contributed by atoms with Crippen LogP contribution in [-0.4, -0.2) is 0 Å². The number of nitrogens with zero attached hydrogens (tertiary/aromatic N) is 1. The van der Waals surface area contributed by atoms with Crippen LogP contribution < -0.4 is 51.4 Å². The Morgan fingerprint density at radius 1 is 1.25 bits per heavy atom. The van der Waals surface area contributed by atoms with Crippen LogP contribution in [0, 0.1) is 11.8 Å². The van der Waals surface area contributed by atoms with Gasteiger partial charge in [0.15, 0.2) is 0 Å². The van der Waals surface area contributed by atoms with Crippen molar-refractivity contribution in [1.82, 2.24) is 0 Å². The molecule has 4 heavy (non-hydrogen) atoms. The molecule has 0 aromatic rings. The molecule has 0 radical (unpaired) electrons. The summed E-state index contributed by atoms with van der Waals surface area (Å²) in [4.78, 5) is 0. The molecule has 1 nitrogen and oxygen atoms in total. The summed E-state index contributed by atoms with van der Waals surface area (Å²) in [7, 11) is 0. The minimum atomic E-state index is 0. The quantitative estimate of drug-likeness (QED) is 0.251. The molecule has 3 heteroatoms. The smallest absolute Gasteiger partial charge is 0.512 e. The second-order valence-corrected chi connectivity index (χ2v) is 0. The topological polar surface area (TPSA) is 23.8 Å². The second-order valence-electron chi connectivity index (χ2n) is 0. The molecule has 0 bridgehead atoms. The van der Waals surface area contributed by atoms with Crippen LogP contribution in [-0.2, 0) is 16.5 Å². The van der Waals surface area contributed by atoms with Gasteiger partial charge in [-0.1, -0.05) is 0 Å². The maximum Gasteiger partial charge on any atom is 2.00 e. The van der Waals surface area contributed by atoms with E-state index in [1.807, 2.05) is 0 Å². The molecule has 0 rings (SSSR count). The molecule has 0 aliphatic rings. The van der Waals surface area contributed by atoms with Crippen molar-refractivity contribution in [3.63, 3.8) is 0 Å². The Balaban J connectivity index is -0.00000000500. The first kappa shape index (κ1) is 17.5. The summed E-state index contributed by atoms with van der Waals surface area (Å²) >= 11 is 0. The molecule has 0 spiro atoms. The van der Waals surface area contributed by atoms with Crippen LogP contribution in [0.1, 0.15) is 0 Å². The van der Waals surface area contributed by atoms with Gasteiger partial charge in [-0.2, -0.15) is 0 Å². The van der Waals surface area contributed by atoms with Crippen molar-refractivity contribution >= 4 is 0 Å². The molecule has 0 heterocycles. The number of rotatable bonds is 0. The number of hydrogen-bond donors (Lipinski definition) is 0. The van der Waals surface area contributed by atoms with Crippen molar-refractivity contribution in [3.05, 3.63) is 6.57 Å². The van der Waals surface area contributed by atoms with Crippen LogP contribution in [0.15, 0.2) is 0 Å². The fourth-order valence-electron chi connectivity index (χ4n) is 0. The second kappa shape index (κ2) is 23.1. The minimum Gasteiger partial charge on any atom is -0.512 e. The zero-order valence-corrected chi connectivity index (χ0v) is 6.37. The van der Waals surface area contributed by atoms with Gasteiger partial charge in [-0.25, -0.2) is 0 Å². The van der Waals surface area contributed by atoms with Crippen molar-refractivity contribution in [2.45, 2.75) is 0 Å². The molecule has 0 aromatic heterocycles. The molecular weight excluding hydrogens is 124 g/mol. The van der Waals surface area contributed by atoms with Gasteiger partial charge in [0.05, 0.1) is 0 Å². The third kappa shape index (κ3) is 9.47. The summed E-state index contributed by atoms with van der Waals surface area (Å²) in [6.07, 6.45) is 0. The average molecular weight is 124 g/mol. The molecule has 0 N–H and O–H groups in total. The van der Waals surface area contributed by atoms with E-state index < -0.39 is 0 Å². The summed E-state index contributed by atoms with van der Waals surface area (Å²) in [5.74, 6) is 0. The van der Waals surface area contributed by atoms with Gasteiger partial charge in [0.2, 0.25) is 0 Å². The molecule has 0 saturated carbocycles. The maximum atomic E-state index is 6.25. The Labute approximate surface area is 78.1 Å². The third-order valence-corrected chi connectivity index (χ3v) is 0. The van der Waals surface area contributed by atoms with Crippen molar-refractivity contribution in [2.75, 3.05) is 0 Å². The number of hydrogen-bond acceptors (Lipinski definition) is 1. The Morgan fingerprint density at radius 3 is 1.25 bits per heavy atom. The van der Waals surface area contributed by atoms with Gasteiger partial charge in [-0.3, -0.25) is 0 Å². The van der Waals surface area contributed by atoms with Gasteiger partial charge < -0.3 is 11.8 Å². The zero-order valence-electron chi connectivity index (χ0n) is 2.26. The van der Waals surface area contributed by atoms with E-state index in [0.717, 1.165) is 0 Å². The van der Waals surface area contributed by atoms with E-state index in [1.165, 1.54) is 0 Å². The van der Waals surface area contributed by atoms with Crippen molar-refractivity contribution in [2.24, 2.45) is 0 Å². The fourth-order valence-corrected chi connectivity index (χ4v) is 0. The molecular formula is CKNNi+2. The molecule has 0 unspecified atom stereocenters. The minimum absolute atomic E-state index is 0. The largest absolute Gasteiger partial charge is 2.00 e. The van der Waals surface area contributed by atoms with Gasteiger partial charge in [0, 0.05) is 0 Å². The predicted molar refractivity (Wildman–Crippen MR) is 4.97 cm³/mol. The first-order chi connectivity index (χ1) is 1.00. The van der Waals surface area contributed by atoms with Gasteiger partial charge in [-0.05, 0) is 0 Å². The van der Waals surface area contributed by atoms with E-state index in [4.69, 9.17) is 11.8 Å². The van der Waals surface area contributed by atoms with E-state index in [2.05, 4.69) is 0 Å². The first-order valence-electron chi connectivity index (χ1n) is 0.224. The summed E-state index contributed by atoms with van der Waals surface area (Å²) in [6, 6.07) is 0. The van der Waals surface area contributed by atoms with E-state index >= 15 is 0 Å². The Kier molecular flexibility index (Phi) is 101. The average Bonchev–Trinajstić information content (AvgIpc) is 1.00. The van der Waals surface area contributed by atoms with Crippen LogP contribution >= 0.6 is 0 Å². The molecule has 0 aromatic carbocycles.